The van der Waals surface area contributed by atoms with Gasteiger partial charge in [-0.1, -0.05) is 54.2 Å². The van der Waals surface area contributed by atoms with Crippen molar-refractivity contribution >= 4 is 34.7 Å². The number of benzene rings is 2. The van der Waals surface area contributed by atoms with Crippen LogP contribution in [-0.2, 0) is 11.2 Å². The number of thioether (sulfide) groups is 1. The van der Waals surface area contributed by atoms with Crippen molar-refractivity contribution in [2.75, 3.05) is 0 Å². The SMILES string of the molecule is Cc1ccccc1/C=N\N=C1/NC(=O)[C@@H](Cc2ccccc2[N+](=O)[O-])S1. The lowest BCUT2D eigenvalue weighted by molar-refractivity contribution is -0.385. The molecule has 0 radical (unpaired) electrons. The molecule has 1 atom stereocenters. The number of hydrogen-bond donors (Lipinski definition) is 1. The van der Waals surface area contributed by atoms with Crippen LogP contribution in [0.2, 0.25) is 0 Å². The number of nitro benzene ring substituents is 1. The van der Waals surface area contributed by atoms with Crippen LogP contribution in [0.1, 0.15) is 16.7 Å². The largest absolute Gasteiger partial charge is 0.303 e. The second kappa shape index (κ2) is 7.92. The number of amidine groups is 1. The van der Waals surface area contributed by atoms with E-state index in [-0.39, 0.29) is 18.0 Å². The quantitative estimate of drug-likeness (QED) is 0.498. The van der Waals surface area contributed by atoms with Gasteiger partial charge in [0.25, 0.3) is 5.69 Å². The van der Waals surface area contributed by atoms with E-state index in [1.807, 2.05) is 31.2 Å². The summed E-state index contributed by atoms with van der Waals surface area (Å²) in [4.78, 5) is 22.8. The lowest BCUT2D eigenvalue weighted by Gasteiger charge is -2.05. The molecule has 26 heavy (non-hydrogen) atoms. The van der Waals surface area contributed by atoms with Gasteiger partial charge in [-0.15, -0.1) is 5.10 Å². The van der Waals surface area contributed by atoms with Crippen LogP contribution < -0.4 is 5.32 Å². The fourth-order valence-corrected chi connectivity index (χ4v) is 3.48. The molecule has 0 bridgehead atoms. The van der Waals surface area contributed by atoms with E-state index in [4.69, 9.17) is 0 Å². The fraction of sp³-hybridized carbons (Fsp3) is 0.167. The molecule has 1 saturated heterocycles. The molecule has 1 aliphatic heterocycles. The summed E-state index contributed by atoms with van der Waals surface area (Å²) in [5, 5.41) is 21.8. The van der Waals surface area contributed by atoms with Crippen LogP contribution in [0.4, 0.5) is 5.69 Å². The molecule has 1 amide bonds. The van der Waals surface area contributed by atoms with Crippen molar-refractivity contribution in [2.45, 2.75) is 18.6 Å². The van der Waals surface area contributed by atoms with Crippen molar-refractivity contribution in [1.29, 1.82) is 0 Å². The summed E-state index contributed by atoms with van der Waals surface area (Å²) < 4.78 is 0. The maximum Gasteiger partial charge on any atom is 0.272 e. The molecule has 1 aliphatic rings. The van der Waals surface area contributed by atoms with E-state index in [2.05, 4.69) is 15.5 Å². The van der Waals surface area contributed by atoms with Crippen molar-refractivity contribution in [3.63, 3.8) is 0 Å². The average molecular weight is 368 g/mol. The van der Waals surface area contributed by atoms with Crippen LogP contribution >= 0.6 is 11.8 Å². The number of aryl methyl sites for hydroxylation is 1. The predicted molar refractivity (Wildman–Crippen MR) is 103 cm³/mol. The Morgan fingerprint density at radius 3 is 2.73 bits per heavy atom. The molecular formula is C18H16N4O3S. The number of nitro groups is 1. The van der Waals surface area contributed by atoms with E-state index in [1.165, 1.54) is 17.8 Å². The topological polar surface area (TPSA) is 97.0 Å². The van der Waals surface area contributed by atoms with Gasteiger partial charge in [-0.3, -0.25) is 14.9 Å². The highest BCUT2D eigenvalue weighted by atomic mass is 32.2. The van der Waals surface area contributed by atoms with E-state index in [0.29, 0.717) is 10.7 Å². The van der Waals surface area contributed by atoms with Crippen LogP contribution in [0.3, 0.4) is 0 Å². The molecule has 1 fully saturated rings. The van der Waals surface area contributed by atoms with Crippen LogP contribution in [-0.4, -0.2) is 27.5 Å². The molecule has 0 saturated carbocycles. The predicted octanol–water partition coefficient (Wildman–Crippen LogP) is 3.07. The third-order valence-electron chi connectivity index (χ3n) is 3.90. The van der Waals surface area contributed by atoms with E-state index < -0.39 is 10.2 Å². The molecule has 132 valence electrons. The lowest BCUT2D eigenvalue weighted by atomic mass is 10.1. The van der Waals surface area contributed by atoms with Crippen molar-refractivity contribution < 1.29 is 9.72 Å². The van der Waals surface area contributed by atoms with Gasteiger partial charge in [0.1, 0.15) is 0 Å². The first-order valence-corrected chi connectivity index (χ1v) is 8.79. The normalized spacial score (nSPS) is 18.4. The van der Waals surface area contributed by atoms with Crippen LogP contribution in [0.25, 0.3) is 0 Å². The molecule has 2 aromatic carbocycles. The average Bonchev–Trinajstić information content (AvgIpc) is 2.96. The number of nitrogens with zero attached hydrogens (tertiary/aromatic N) is 3. The summed E-state index contributed by atoms with van der Waals surface area (Å²) in [7, 11) is 0. The Morgan fingerprint density at radius 1 is 1.23 bits per heavy atom. The first-order valence-electron chi connectivity index (χ1n) is 7.91. The number of amides is 1. The Labute approximate surface area is 154 Å². The summed E-state index contributed by atoms with van der Waals surface area (Å²) in [6.45, 7) is 1.98. The summed E-state index contributed by atoms with van der Waals surface area (Å²) in [5.41, 5.74) is 2.56. The van der Waals surface area contributed by atoms with Crippen LogP contribution in [0.15, 0.2) is 58.7 Å². The molecule has 0 aliphatic carbocycles. The van der Waals surface area contributed by atoms with Gasteiger partial charge in [-0.25, -0.2) is 0 Å². The zero-order chi connectivity index (χ0) is 18.5. The first kappa shape index (κ1) is 17.8. The zero-order valence-electron chi connectivity index (χ0n) is 14.0. The standard InChI is InChI=1S/C18H16N4O3S/c1-12-6-2-3-8-14(12)11-19-21-18-20-17(23)16(26-18)10-13-7-4-5-9-15(13)22(24)25/h2-9,11,16H,10H2,1H3,(H,20,21,23)/b19-11-/t16-/m1/s1. The smallest absolute Gasteiger partial charge is 0.272 e. The molecule has 8 heteroatoms. The Bertz CT molecular complexity index is 911. The van der Waals surface area contributed by atoms with Gasteiger partial charge in [0, 0.05) is 18.1 Å². The van der Waals surface area contributed by atoms with E-state index >= 15 is 0 Å². The van der Waals surface area contributed by atoms with Crippen LogP contribution in [0, 0.1) is 17.0 Å². The minimum absolute atomic E-state index is 0.0175. The van der Waals surface area contributed by atoms with Gasteiger partial charge < -0.3 is 5.32 Å². The number of carbonyl (C=O) groups excluding carboxylic acids is 1. The van der Waals surface area contributed by atoms with E-state index in [1.54, 1.807) is 24.4 Å². The maximum absolute atomic E-state index is 12.1. The Kier molecular flexibility index (Phi) is 5.43. The highest BCUT2D eigenvalue weighted by molar-refractivity contribution is 8.15. The first-order chi connectivity index (χ1) is 12.5. The van der Waals surface area contributed by atoms with Crippen molar-refractivity contribution in [1.82, 2.24) is 5.32 Å². The molecule has 7 nitrogen and oxygen atoms in total. The Morgan fingerprint density at radius 2 is 1.96 bits per heavy atom. The minimum Gasteiger partial charge on any atom is -0.303 e. The Balaban J connectivity index is 1.69. The maximum atomic E-state index is 12.1. The van der Waals surface area contributed by atoms with Gasteiger partial charge >= 0.3 is 0 Å². The van der Waals surface area contributed by atoms with Crippen molar-refractivity contribution in [3.8, 4) is 0 Å². The van der Waals surface area contributed by atoms with Crippen molar-refractivity contribution in [3.05, 3.63) is 75.3 Å². The lowest BCUT2D eigenvalue weighted by Crippen LogP contribution is -2.26. The summed E-state index contributed by atoms with van der Waals surface area (Å²) in [6.07, 6.45) is 1.89. The molecule has 0 spiro atoms. The number of nitrogens with one attached hydrogen (secondary N) is 1. The van der Waals surface area contributed by atoms with Crippen molar-refractivity contribution in [2.24, 2.45) is 10.2 Å². The van der Waals surface area contributed by atoms with E-state index in [9.17, 15) is 14.9 Å². The monoisotopic (exact) mass is 368 g/mol. The van der Waals surface area contributed by atoms with Gasteiger partial charge in [0.15, 0.2) is 5.17 Å². The number of carbonyl (C=O) groups is 1. The van der Waals surface area contributed by atoms with Gasteiger partial charge in [-0.2, -0.15) is 5.10 Å². The number of rotatable bonds is 5. The molecule has 1 heterocycles. The second-order valence-electron chi connectivity index (χ2n) is 5.69. The highest BCUT2D eigenvalue weighted by Gasteiger charge is 2.32. The molecule has 0 aromatic heterocycles. The third kappa shape index (κ3) is 4.15. The minimum atomic E-state index is -0.469. The van der Waals surface area contributed by atoms with Gasteiger partial charge in [0.2, 0.25) is 5.91 Å². The van der Waals surface area contributed by atoms with Gasteiger partial charge in [-0.05, 0) is 18.1 Å². The molecule has 3 rings (SSSR count). The molecular weight excluding hydrogens is 352 g/mol. The summed E-state index contributed by atoms with van der Waals surface area (Å²) >= 11 is 1.23. The van der Waals surface area contributed by atoms with Gasteiger partial charge in [0.05, 0.1) is 16.4 Å². The summed E-state index contributed by atoms with van der Waals surface area (Å²) in [6, 6.07) is 14.2. The van der Waals surface area contributed by atoms with Crippen LogP contribution in [0.5, 0.6) is 0 Å². The van der Waals surface area contributed by atoms with E-state index in [0.717, 1.165) is 11.1 Å². The fourth-order valence-electron chi connectivity index (χ4n) is 2.52. The number of hydrogen-bond acceptors (Lipinski definition) is 6. The zero-order valence-corrected chi connectivity index (χ0v) is 14.8. The second-order valence-corrected chi connectivity index (χ2v) is 6.88. The summed E-state index contributed by atoms with van der Waals surface area (Å²) in [5.74, 6) is -0.224. The third-order valence-corrected chi connectivity index (χ3v) is 4.98. The Hall–Kier alpha value is -3.00. The molecule has 2 aromatic rings. The molecule has 1 N–H and O–H groups in total. The highest BCUT2D eigenvalue weighted by Crippen LogP contribution is 2.27. The number of para-hydroxylation sites is 1. The molecule has 0 unspecified atom stereocenters.